The molecule has 0 aliphatic heterocycles. The molecule has 13 nitrogen and oxygen atoms in total. The molecule has 0 atom stereocenters. The van der Waals surface area contributed by atoms with Crippen LogP contribution in [0.15, 0.2) is 146 Å². The minimum absolute atomic E-state index is 0.101. The highest BCUT2D eigenvalue weighted by atomic mass is 16.5. The van der Waals surface area contributed by atoms with Crippen molar-refractivity contribution >= 4 is 67.2 Å². The highest BCUT2D eigenvalue weighted by Crippen LogP contribution is 2.35. The molecule has 3 heterocycles. The van der Waals surface area contributed by atoms with Gasteiger partial charge >= 0.3 is 0 Å². The summed E-state index contributed by atoms with van der Waals surface area (Å²) in [6.45, 7) is 0. The minimum Gasteiger partial charge on any atom is -0.497 e. The van der Waals surface area contributed by atoms with Gasteiger partial charge in [0.25, 0.3) is 0 Å². The molecule has 61 heavy (non-hydrogen) atoms. The molecule has 0 bridgehead atoms. The molecule has 0 saturated carbocycles. The lowest BCUT2D eigenvalue weighted by atomic mass is 9.92. The number of aliphatic hydroxyl groups is 1. The quantitative estimate of drug-likeness (QED) is 0.0823. The van der Waals surface area contributed by atoms with Crippen molar-refractivity contribution in [2.24, 2.45) is 0 Å². The van der Waals surface area contributed by atoms with Crippen molar-refractivity contribution in [3.8, 4) is 17.2 Å². The lowest BCUT2D eigenvalue weighted by molar-refractivity contribution is 0.0246. The van der Waals surface area contributed by atoms with Crippen molar-refractivity contribution < 1.29 is 19.3 Å². The number of aromatic nitrogens is 6. The van der Waals surface area contributed by atoms with Gasteiger partial charge in [0, 0.05) is 64.3 Å². The van der Waals surface area contributed by atoms with E-state index < -0.39 is 5.60 Å². The van der Waals surface area contributed by atoms with Gasteiger partial charge in [0.05, 0.1) is 37.9 Å². The van der Waals surface area contributed by atoms with Crippen LogP contribution in [0.1, 0.15) is 17.5 Å². The predicted molar refractivity (Wildman–Crippen MR) is 239 cm³/mol. The van der Waals surface area contributed by atoms with Crippen molar-refractivity contribution in [2.75, 3.05) is 37.3 Å². The second-order valence-electron chi connectivity index (χ2n) is 14.4. The summed E-state index contributed by atoms with van der Waals surface area (Å²) in [4.78, 5) is 30.2. The fourth-order valence-corrected chi connectivity index (χ4v) is 7.23. The van der Waals surface area contributed by atoms with Crippen molar-refractivity contribution in [3.05, 3.63) is 163 Å². The fourth-order valence-electron chi connectivity index (χ4n) is 7.23. The Morgan fingerprint density at radius 1 is 0.426 bits per heavy atom. The average molecular weight is 808 g/mol. The monoisotopic (exact) mass is 807 g/mol. The van der Waals surface area contributed by atoms with Gasteiger partial charge in [-0.3, -0.25) is 0 Å². The van der Waals surface area contributed by atoms with E-state index >= 15 is 0 Å². The van der Waals surface area contributed by atoms with Crippen LogP contribution in [0, 0.1) is 0 Å². The summed E-state index contributed by atoms with van der Waals surface area (Å²) in [6.07, 6.45) is -0.202. The molecule has 302 valence electrons. The van der Waals surface area contributed by atoms with Crippen LogP contribution >= 0.6 is 0 Å². The third-order valence-corrected chi connectivity index (χ3v) is 10.2. The number of ether oxygens (including phenoxy) is 3. The number of methoxy groups -OCH3 is 3. The Bertz CT molecular complexity index is 2900. The lowest BCUT2D eigenvalue weighted by Gasteiger charge is -2.27. The minimum atomic E-state index is -1.85. The van der Waals surface area contributed by atoms with Crippen LogP contribution in [0.25, 0.3) is 32.7 Å². The molecule has 0 unspecified atom stereocenters. The fraction of sp³-hybridized carbons (Fsp3) is 0.125. The smallest absolute Gasteiger partial charge is 0.163 e. The molecule has 3 aromatic heterocycles. The van der Waals surface area contributed by atoms with Crippen LogP contribution in [0.3, 0.4) is 0 Å². The summed E-state index contributed by atoms with van der Waals surface area (Å²) in [5.41, 5.74) is 2.44. The third-order valence-electron chi connectivity index (χ3n) is 10.2. The van der Waals surface area contributed by atoms with E-state index in [-0.39, 0.29) is 18.7 Å². The zero-order valence-corrected chi connectivity index (χ0v) is 33.6. The summed E-state index contributed by atoms with van der Waals surface area (Å²) in [6, 6.07) is 45.9. The number of anilines is 6. The van der Waals surface area contributed by atoms with Crippen molar-refractivity contribution in [2.45, 2.75) is 18.4 Å². The van der Waals surface area contributed by atoms with Gasteiger partial charge in [-0.2, -0.15) is 0 Å². The maximum absolute atomic E-state index is 13.4. The van der Waals surface area contributed by atoms with Crippen molar-refractivity contribution in [3.63, 3.8) is 0 Å². The Kier molecular flexibility index (Phi) is 10.6. The second-order valence-corrected chi connectivity index (χ2v) is 14.4. The van der Waals surface area contributed by atoms with Crippen LogP contribution in [-0.2, 0) is 18.4 Å². The number of fused-ring (bicyclic) bond motifs is 3. The van der Waals surface area contributed by atoms with Gasteiger partial charge in [-0.05, 0) is 72.8 Å². The maximum Gasteiger partial charge on any atom is 0.163 e. The Morgan fingerprint density at radius 2 is 0.787 bits per heavy atom. The first kappa shape index (κ1) is 38.6. The van der Waals surface area contributed by atoms with E-state index in [1.54, 1.807) is 21.3 Å². The molecule has 6 aromatic carbocycles. The Balaban J connectivity index is 1.19. The molecule has 9 aromatic rings. The van der Waals surface area contributed by atoms with Gasteiger partial charge < -0.3 is 35.3 Å². The molecule has 9 rings (SSSR count). The Labute approximate surface area is 351 Å². The molecule has 0 radical (unpaired) electrons. The van der Waals surface area contributed by atoms with E-state index in [0.717, 1.165) is 33.2 Å². The van der Waals surface area contributed by atoms with Crippen molar-refractivity contribution in [1.82, 2.24) is 29.9 Å². The zero-order valence-electron chi connectivity index (χ0n) is 33.6. The number of rotatable bonds is 14. The van der Waals surface area contributed by atoms with Gasteiger partial charge in [-0.1, -0.05) is 54.6 Å². The normalized spacial score (nSPS) is 11.4. The maximum atomic E-state index is 13.4. The van der Waals surface area contributed by atoms with Crippen LogP contribution < -0.4 is 30.2 Å². The highest BCUT2D eigenvalue weighted by molar-refractivity contribution is 5.93. The van der Waals surface area contributed by atoms with Gasteiger partial charge in [-0.15, -0.1) is 0 Å². The van der Waals surface area contributed by atoms with E-state index in [2.05, 4.69) is 16.0 Å². The van der Waals surface area contributed by atoms with Gasteiger partial charge in [0.2, 0.25) is 0 Å². The molecule has 0 aliphatic carbocycles. The molecule has 0 amide bonds. The highest BCUT2D eigenvalue weighted by Gasteiger charge is 2.37. The first-order chi connectivity index (χ1) is 29.9. The summed E-state index contributed by atoms with van der Waals surface area (Å²) >= 11 is 0. The number of para-hydroxylation sites is 3. The lowest BCUT2D eigenvalue weighted by Crippen LogP contribution is -2.35. The van der Waals surface area contributed by atoms with E-state index in [0.29, 0.717) is 62.9 Å². The molecular formula is C48H41N9O4. The molecule has 0 spiro atoms. The molecule has 0 saturated heterocycles. The number of hydrogen-bond acceptors (Lipinski definition) is 13. The summed E-state index contributed by atoms with van der Waals surface area (Å²) < 4.78 is 16.5. The second kappa shape index (κ2) is 16.8. The van der Waals surface area contributed by atoms with Gasteiger partial charge in [0.15, 0.2) is 5.82 Å². The zero-order chi connectivity index (χ0) is 41.8. The van der Waals surface area contributed by atoms with Crippen LogP contribution in [0.5, 0.6) is 17.2 Å². The number of nitrogens with one attached hydrogen (secondary N) is 3. The summed E-state index contributed by atoms with van der Waals surface area (Å²) in [5.74, 6) is 4.51. The third kappa shape index (κ3) is 8.36. The summed E-state index contributed by atoms with van der Waals surface area (Å²) in [5, 5.41) is 26.1. The number of nitrogens with zero attached hydrogens (tertiary/aromatic N) is 6. The number of benzene rings is 6. The summed E-state index contributed by atoms with van der Waals surface area (Å²) in [7, 11) is 4.87. The Morgan fingerprint density at radius 3 is 1.18 bits per heavy atom. The van der Waals surface area contributed by atoms with E-state index in [1.807, 2.05) is 146 Å². The Hall–Kier alpha value is -7.90. The average Bonchev–Trinajstić information content (AvgIpc) is 3.29. The molecule has 13 heteroatoms. The van der Waals surface area contributed by atoms with Gasteiger partial charge in [0.1, 0.15) is 52.0 Å². The van der Waals surface area contributed by atoms with E-state index in [9.17, 15) is 5.11 Å². The van der Waals surface area contributed by atoms with Crippen LogP contribution in [0.4, 0.5) is 34.5 Å². The molecule has 0 aliphatic rings. The topological polar surface area (TPSA) is 161 Å². The predicted octanol–water partition coefficient (Wildman–Crippen LogP) is 9.45. The first-order valence-electron chi connectivity index (χ1n) is 19.6. The molecule has 4 N–H and O–H groups in total. The SMILES string of the molecule is COc1cccc(Nc2nc(CC(O)(Cc3nc(Nc4cccc(OC)c4)c4ccccc4n3)c3nc(Nc4cccc(OC)c4)c4ccccc4n3)nc3ccccc23)c1. The largest absolute Gasteiger partial charge is 0.497 e. The van der Waals surface area contributed by atoms with Crippen LogP contribution in [0.2, 0.25) is 0 Å². The van der Waals surface area contributed by atoms with E-state index in [4.69, 9.17) is 44.1 Å². The van der Waals surface area contributed by atoms with Crippen LogP contribution in [-0.4, -0.2) is 56.3 Å². The van der Waals surface area contributed by atoms with E-state index in [1.165, 1.54) is 0 Å². The first-order valence-corrected chi connectivity index (χ1v) is 19.6. The van der Waals surface area contributed by atoms with Gasteiger partial charge in [-0.25, -0.2) is 29.9 Å². The number of hydrogen-bond donors (Lipinski definition) is 4. The standard InChI is InChI=1S/C48H41N9O4/c1-59-33-16-10-13-30(25-33)49-44-36-19-4-7-22-39(36)52-42(55-44)28-48(58,47-54-41-24-9-6-21-38(41)46(57-47)51-32-15-12-18-35(27-32)61-3)29-43-53-40-23-8-5-20-37(40)45(56-43)50-31-14-11-17-34(26-31)60-2/h4-27,58H,28-29H2,1-3H3,(H,49,52,55)(H,50,53,56)(H,51,54,57). The molecular weight excluding hydrogens is 767 g/mol. The van der Waals surface area contributed by atoms with Crippen molar-refractivity contribution in [1.29, 1.82) is 0 Å². The molecule has 0 fully saturated rings.